The van der Waals surface area contributed by atoms with Crippen LogP contribution >= 0.6 is 0 Å². The van der Waals surface area contributed by atoms with E-state index in [9.17, 15) is 9.59 Å². The van der Waals surface area contributed by atoms with Crippen LogP contribution in [0.5, 0.6) is 11.5 Å². The Morgan fingerprint density at radius 1 is 1.03 bits per heavy atom. The summed E-state index contributed by atoms with van der Waals surface area (Å²) in [6, 6.07) is 17.2. The maximum absolute atomic E-state index is 12.7. The summed E-state index contributed by atoms with van der Waals surface area (Å²) in [5.41, 5.74) is 1.04. The molecule has 0 atom stereocenters. The lowest BCUT2D eigenvalue weighted by Gasteiger charge is -2.13. The molecule has 1 N–H and O–H groups in total. The van der Waals surface area contributed by atoms with E-state index in [0.717, 1.165) is 5.56 Å². The summed E-state index contributed by atoms with van der Waals surface area (Å²) in [7, 11) is 1.53. The quantitative estimate of drug-likeness (QED) is 0.490. The number of methoxy groups -OCH3 is 1. The zero-order valence-corrected chi connectivity index (χ0v) is 16.1. The molecule has 4 aromatic rings. The number of hydrogen-bond acceptors (Lipinski definition) is 6. The predicted molar refractivity (Wildman–Crippen MR) is 112 cm³/mol. The number of pyridine rings is 1. The molecule has 4 rings (SSSR count). The fourth-order valence-corrected chi connectivity index (χ4v) is 2.93. The van der Waals surface area contributed by atoms with Crippen molar-refractivity contribution in [1.29, 1.82) is 0 Å². The number of anilines is 1. The van der Waals surface area contributed by atoms with Crippen LogP contribution in [0.2, 0.25) is 0 Å². The number of nitrogens with zero attached hydrogens (tertiary/aromatic N) is 1. The lowest BCUT2D eigenvalue weighted by molar-refractivity contribution is 0.102. The highest BCUT2D eigenvalue weighted by atomic mass is 16.5. The van der Waals surface area contributed by atoms with Gasteiger partial charge < -0.3 is 19.2 Å². The van der Waals surface area contributed by atoms with Crippen molar-refractivity contribution in [1.82, 2.24) is 4.98 Å². The van der Waals surface area contributed by atoms with E-state index in [1.165, 1.54) is 13.2 Å². The Morgan fingerprint density at radius 3 is 2.63 bits per heavy atom. The zero-order valence-electron chi connectivity index (χ0n) is 16.1. The minimum Gasteiger partial charge on any atom is -0.493 e. The third-order valence-electron chi connectivity index (χ3n) is 4.45. The van der Waals surface area contributed by atoms with Gasteiger partial charge in [-0.05, 0) is 42.0 Å². The summed E-state index contributed by atoms with van der Waals surface area (Å²) < 4.78 is 16.4. The number of carbonyl (C=O) groups excluding carboxylic acids is 1. The van der Waals surface area contributed by atoms with E-state index >= 15 is 0 Å². The average Bonchev–Trinajstić information content (AvgIpc) is 2.78. The van der Waals surface area contributed by atoms with Crippen LogP contribution in [0, 0.1) is 0 Å². The van der Waals surface area contributed by atoms with Crippen molar-refractivity contribution in [3.63, 3.8) is 0 Å². The molecule has 7 nitrogen and oxygen atoms in total. The Morgan fingerprint density at radius 2 is 1.83 bits per heavy atom. The highest BCUT2D eigenvalue weighted by Gasteiger charge is 2.15. The van der Waals surface area contributed by atoms with Gasteiger partial charge in [-0.3, -0.25) is 9.78 Å². The molecule has 2 aromatic heterocycles. The number of benzene rings is 2. The maximum Gasteiger partial charge on any atom is 0.349 e. The second kappa shape index (κ2) is 8.48. The van der Waals surface area contributed by atoms with Gasteiger partial charge in [-0.1, -0.05) is 18.2 Å². The molecule has 0 saturated heterocycles. The number of nitrogens with one attached hydrogen (secondary N) is 1. The molecule has 0 spiro atoms. The van der Waals surface area contributed by atoms with Crippen LogP contribution in [0.4, 0.5) is 5.69 Å². The van der Waals surface area contributed by atoms with Gasteiger partial charge in [-0.15, -0.1) is 0 Å². The molecule has 30 heavy (non-hydrogen) atoms. The smallest absolute Gasteiger partial charge is 0.349 e. The molecule has 2 heterocycles. The average molecular weight is 402 g/mol. The molecule has 0 saturated carbocycles. The van der Waals surface area contributed by atoms with Crippen LogP contribution in [0.25, 0.3) is 11.0 Å². The highest BCUT2D eigenvalue weighted by molar-refractivity contribution is 6.05. The van der Waals surface area contributed by atoms with Crippen LogP contribution in [0.1, 0.15) is 15.9 Å². The van der Waals surface area contributed by atoms with Gasteiger partial charge in [-0.25, -0.2) is 4.79 Å². The van der Waals surface area contributed by atoms with Crippen LogP contribution in [0.3, 0.4) is 0 Å². The normalized spacial score (nSPS) is 10.6. The maximum atomic E-state index is 12.7. The van der Waals surface area contributed by atoms with Crippen LogP contribution in [0.15, 0.2) is 82.3 Å². The number of hydrogen-bond donors (Lipinski definition) is 1. The minimum atomic E-state index is -0.700. The Hall–Kier alpha value is -4.13. The van der Waals surface area contributed by atoms with E-state index in [2.05, 4.69) is 10.3 Å². The summed E-state index contributed by atoms with van der Waals surface area (Å²) in [4.78, 5) is 28.9. The molecule has 7 heteroatoms. The highest BCUT2D eigenvalue weighted by Crippen LogP contribution is 2.31. The molecular weight excluding hydrogens is 384 g/mol. The second-order valence-corrected chi connectivity index (χ2v) is 6.45. The first-order valence-corrected chi connectivity index (χ1v) is 9.18. The predicted octanol–water partition coefficient (Wildman–Crippen LogP) is 4.03. The first-order valence-electron chi connectivity index (χ1n) is 9.18. The van der Waals surface area contributed by atoms with Crippen molar-refractivity contribution in [2.75, 3.05) is 12.4 Å². The summed E-state index contributed by atoms with van der Waals surface area (Å²) in [6.45, 7) is 0.310. The van der Waals surface area contributed by atoms with Gasteiger partial charge in [0.1, 0.15) is 17.8 Å². The van der Waals surface area contributed by atoms with Gasteiger partial charge in [-0.2, -0.15) is 0 Å². The first-order chi connectivity index (χ1) is 14.6. The fourth-order valence-electron chi connectivity index (χ4n) is 2.93. The van der Waals surface area contributed by atoms with Crippen molar-refractivity contribution < 1.29 is 18.7 Å². The molecule has 0 aliphatic rings. The van der Waals surface area contributed by atoms with E-state index in [-0.39, 0.29) is 5.56 Å². The molecule has 0 bridgehead atoms. The van der Waals surface area contributed by atoms with Gasteiger partial charge in [0.15, 0.2) is 11.5 Å². The summed E-state index contributed by atoms with van der Waals surface area (Å²) >= 11 is 0. The van der Waals surface area contributed by atoms with Gasteiger partial charge in [0.2, 0.25) is 0 Å². The Labute approximate surface area is 171 Å². The SMILES string of the molecule is COc1ccc(NC(=O)c2cc3ccccc3oc2=O)cc1OCc1ccncc1. The first kappa shape index (κ1) is 19.2. The van der Waals surface area contributed by atoms with Crippen LogP contribution in [-0.2, 0) is 6.61 Å². The molecule has 1 amide bonds. The Bertz CT molecular complexity index is 1250. The number of para-hydroxylation sites is 1. The number of aromatic nitrogens is 1. The van der Waals surface area contributed by atoms with E-state index in [1.54, 1.807) is 54.9 Å². The summed E-state index contributed by atoms with van der Waals surface area (Å²) in [6.07, 6.45) is 3.36. The van der Waals surface area contributed by atoms with Crippen molar-refractivity contribution in [3.8, 4) is 11.5 Å². The third-order valence-corrected chi connectivity index (χ3v) is 4.45. The zero-order chi connectivity index (χ0) is 20.9. The van der Waals surface area contributed by atoms with Crippen molar-refractivity contribution in [3.05, 3.63) is 94.6 Å². The van der Waals surface area contributed by atoms with Crippen molar-refractivity contribution in [2.24, 2.45) is 0 Å². The van der Waals surface area contributed by atoms with Crippen LogP contribution < -0.4 is 20.4 Å². The number of carbonyl (C=O) groups is 1. The lowest BCUT2D eigenvalue weighted by Crippen LogP contribution is -2.20. The third kappa shape index (κ3) is 4.15. The number of fused-ring (bicyclic) bond motifs is 1. The van der Waals surface area contributed by atoms with E-state index < -0.39 is 11.5 Å². The van der Waals surface area contributed by atoms with Gasteiger partial charge in [0.25, 0.3) is 5.91 Å². The Kier molecular flexibility index (Phi) is 5.43. The van der Waals surface area contributed by atoms with E-state index in [1.807, 2.05) is 12.1 Å². The molecule has 2 aromatic carbocycles. The van der Waals surface area contributed by atoms with Gasteiger partial charge in [0, 0.05) is 29.5 Å². The second-order valence-electron chi connectivity index (χ2n) is 6.45. The molecule has 0 aliphatic heterocycles. The number of rotatable bonds is 6. The fraction of sp³-hybridized carbons (Fsp3) is 0.0870. The monoisotopic (exact) mass is 402 g/mol. The van der Waals surface area contributed by atoms with Gasteiger partial charge >= 0.3 is 5.63 Å². The number of amides is 1. The topological polar surface area (TPSA) is 90.7 Å². The van der Waals surface area contributed by atoms with Crippen molar-refractivity contribution >= 4 is 22.6 Å². The van der Waals surface area contributed by atoms with E-state index in [4.69, 9.17) is 13.9 Å². The summed E-state index contributed by atoms with van der Waals surface area (Å²) in [5, 5.41) is 3.37. The standard InChI is InChI=1S/C23H18N2O5/c1-28-20-7-6-17(13-21(20)29-14-15-8-10-24-11-9-15)25-22(26)18-12-16-4-2-3-5-19(16)30-23(18)27/h2-13H,14H2,1H3,(H,25,26). The Balaban J connectivity index is 1.56. The minimum absolute atomic E-state index is 0.0798. The van der Waals surface area contributed by atoms with Crippen molar-refractivity contribution in [2.45, 2.75) is 6.61 Å². The molecule has 0 fully saturated rings. The molecule has 0 unspecified atom stereocenters. The summed E-state index contributed by atoms with van der Waals surface area (Å²) in [5.74, 6) is 0.407. The molecular formula is C23H18N2O5. The molecule has 0 aliphatic carbocycles. The molecule has 150 valence electrons. The largest absolute Gasteiger partial charge is 0.493 e. The van der Waals surface area contributed by atoms with Crippen LogP contribution in [-0.4, -0.2) is 18.0 Å². The lowest BCUT2D eigenvalue weighted by atomic mass is 10.1. The van der Waals surface area contributed by atoms with E-state index in [0.29, 0.717) is 34.8 Å². The van der Waals surface area contributed by atoms with Gasteiger partial charge in [0.05, 0.1) is 7.11 Å². The molecule has 0 radical (unpaired) electrons. The number of ether oxygens (including phenoxy) is 2.